The van der Waals surface area contributed by atoms with Crippen LogP contribution in [-0.4, -0.2) is 24.6 Å². The van der Waals surface area contributed by atoms with Crippen molar-refractivity contribution in [1.29, 1.82) is 0 Å². The third kappa shape index (κ3) is 3.06. The fourth-order valence-electron chi connectivity index (χ4n) is 2.70. The number of ether oxygens (including phenoxy) is 1. The van der Waals surface area contributed by atoms with Crippen molar-refractivity contribution in [3.05, 3.63) is 59.4 Å². The summed E-state index contributed by atoms with van der Waals surface area (Å²) in [7, 11) is 0. The van der Waals surface area contributed by atoms with Crippen LogP contribution in [0.2, 0.25) is 0 Å². The highest BCUT2D eigenvalue weighted by molar-refractivity contribution is 5.44. The Balaban J connectivity index is 1.91. The van der Waals surface area contributed by atoms with Crippen molar-refractivity contribution in [2.24, 2.45) is 0 Å². The van der Waals surface area contributed by atoms with Gasteiger partial charge in [-0.1, -0.05) is 31.2 Å². The van der Waals surface area contributed by atoms with Crippen LogP contribution in [0.3, 0.4) is 0 Å². The van der Waals surface area contributed by atoms with Gasteiger partial charge >= 0.3 is 0 Å². The van der Waals surface area contributed by atoms with Gasteiger partial charge in [0.1, 0.15) is 12.4 Å². The zero-order valence-electron chi connectivity index (χ0n) is 12.3. The summed E-state index contributed by atoms with van der Waals surface area (Å²) >= 11 is 0. The number of nitrogens with zero attached hydrogens (tertiary/aromatic N) is 1. The number of hydrogen-bond donors (Lipinski definition) is 2. The molecular formula is C17H21N3O. The van der Waals surface area contributed by atoms with Crippen LogP contribution in [0.15, 0.2) is 42.6 Å². The molecule has 1 aliphatic rings. The van der Waals surface area contributed by atoms with E-state index < -0.39 is 0 Å². The number of para-hydroxylation sites is 1. The smallest absolute Gasteiger partial charge is 0.131 e. The lowest BCUT2D eigenvalue weighted by atomic mass is 9.97. The molecule has 2 N–H and O–H groups in total. The van der Waals surface area contributed by atoms with Gasteiger partial charge in [-0.3, -0.25) is 4.98 Å². The predicted octanol–water partition coefficient (Wildman–Crippen LogP) is 2.26. The average Bonchev–Trinajstić information content (AvgIpc) is 2.69. The van der Waals surface area contributed by atoms with Gasteiger partial charge in [-0.15, -0.1) is 0 Å². The highest BCUT2D eigenvalue weighted by Crippen LogP contribution is 2.34. The van der Waals surface area contributed by atoms with Crippen molar-refractivity contribution in [2.75, 3.05) is 19.6 Å². The second kappa shape index (κ2) is 6.70. The molecule has 1 unspecified atom stereocenters. The van der Waals surface area contributed by atoms with Crippen molar-refractivity contribution < 1.29 is 4.74 Å². The van der Waals surface area contributed by atoms with Gasteiger partial charge in [-0.05, 0) is 24.2 Å². The summed E-state index contributed by atoms with van der Waals surface area (Å²) in [5.74, 6) is 0.941. The van der Waals surface area contributed by atoms with Crippen LogP contribution in [-0.2, 0) is 6.61 Å². The third-order valence-corrected chi connectivity index (χ3v) is 3.73. The molecule has 3 rings (SSSR count). The van der Waals surface area contributed by atoms with Crippen molar-refractivity contribution in [3.63, 3.8) is 0 Å². The van der Waals surface area contributed by atoms with E-state index in [9.17, 15) is 0 Å². The molecule has 0 fully saturated rings. The maximum Gasteiger partial charge on any atom is 0.131 e. The minimum absolute atomic E-state index is 0.131. The molecule has 1 aliphatic heterocycles. The second-order valence-electron chi connectivity index (χ2n) is 5.11. The normalized spacial score (nSPS) is 16.5. The van der Waals surface area contributed by atoms with Crippen molar-refractivity contribution in [3.8, 4) is 5.75 Å². The van der Waals surface area contributed by atoms with Crippen LogP contribution >= 0.6 is 0 Å². The van der Waals surface area contributed by atoms with Crippen molar-refractivity contribution >= 4 is 0 Å². The summed E-state index contributed by atoms with van der Waals surface area (Å²) < 4.78 is 5.91. The molecule has 1 aromatic carbocycles. The van der Waals surface area contributed by atoms with Crippen molar-refractivity contribution in [1.82, 2.24) is 15.6 Å². The SMILES string of the molecule is CCNCCNC1c2ccccc2OCc2ncccc21. The van der Waals surface area contributed by atoms with E-state index in [1.807, 2.05) is 24.4 Å². The topological polar surface area (TPSA) is 46.2 Å². The van der Waals surface area contributed by atoms with E-state index in [2.05, 4.69) is 40.7 Å². The van der Waals surface area contributed by atoms with E-state index in [1.54, 1.807) is 0 Å². The molecule has 0 radical (unpaired) electrons. The zero-order chi connectivity index (χ0) is 14.5. The second-order valence-corrected chi connectivity index (χ2v) is 5.11. The number of pyridine rings is 1. The van der Waals surface area contributed by atoms with E-state index in [-0.39, 0.29) is 6.04 Å². The number of nitrogens with one attached hydrogen (secondary N) is 2. The van der Waals surface area contributed by atoms with Gasteiger partial charge in [0.25, 0.3) is 0 Å². The number of hydrogen-bond acceptors (Lipinski definition) is 4. The number of fused-ring (bicyclic) bond motifs is 2. The Morgan fingerprint density at radius 2 is 2.00 bits per heavy atom. The Morgan fingerprint density at radius 3 is 2.90 bits per heavy atom. The predicted molar refractivity (Wildman–Crippen MR) is 83.4 cm³/mol. The van der Waals surface area contributed by atoms with E-state index in [0.717, 1.165) is 31.1 Å². The Hall–Kier alpha value is -1.91. The van der Waals surface area contributed by atoms with Crippen molar-refractivity contribution in [2.45, 2.75) is 19.6 Å². The van der Waals surface area contributed by atoms with E-state index in [1.165, 1.54) is 11.1 Å². The average molecular weight is 283 g/mol. The minimum Gasteiger partial charge on any atom is -0.487 e. The van der Waals surface area contributed by atoms with Gasteiger partial charge in [0, 0.05) is 24.8 Å². The lowest BCUT2D eigenvalue weighted by Gasteiger charge is -2.20. The van der Waals surface area contributed by atoms with E-state index in [4.69, 9.17) is 4.74 Å². The first kappa shape index (κ1) is 14.0. The van der Waals surface area contributed by atoms with E-state index in [0.29, 0.717) is 6.61 Å². The molecule has 0 bridgehead atoms. The molecule has 1 aromatic heterocycles. The number of aromatic nitrogens is 1. The maximum atomic E-state index is 5.91. The molecule has 0 saturated carbocycles. The number of likely N-dealkylation sites (N-methyl/N-ethyl adjacent to an activating group) is 1. The fourth-order valence-corrected chi connectivity index (χ4v) is 2.70. The number of benzene rings is 1. The van der Waals surface area contributed by atoms with Crippen LogP contribution in [0.1, 0.15) is 29.8 Å². The first-order chi connectivity index (χ1) is 10.4. The van der Waals surface area contributed by atoms with Gasteiger partial charge in [0.05, 0.1) is 11.7 Å². The Labute approximate surface area is 125 Å². The molecule has 4 nitrogen and oxygen atoms in total. The molecule has 0 spiro atoms. The summed E-state index contributed by atoms with van der Waals surface area (Å²) in [6.07, 6.45) is 1.83. The van der Waals surface area contributed by atoms with Crippen LogP contribution in [0.25, 0.3) is 0 Å². The van der Waals surface area contributed by atoms with Gasteiger partial charge in [0.2, 0.25) is 0 Å². The minimum atomic E-state index is 0.131. The van der Waals surface area contributed by atoms with Crippen LogP contribution < -0.4 is 15.4 Å². The lowest BCUT2D eigenvalue weighted by Crippen LogP contribution is -2.31. The molecule has 1 atom stereocenters. The van der Waals surface area contributed by atoms with Crippen LogP contribution in [0.5, 0.6) is 5.75 Å². The van der Waals surface area contributed by atoms with E-state index >= 15 is 0 Å². The van der Waals surface area contributed by atoms with Gasteiger partial charge in [-0.2, -0.15) is 0 Å². The van der Waals surface area contributed by atoms with Gasteiger partial charge in [0.15, 0.2) is 0 Å². The first-order valence-electron chi connectivity index (χ1n) is 7.49. The Kier molecular flexibility index (Phi) is 4.48. The Morgan fingerprint density at radius 1 is 1.14 bits per heavy atom. The molecule has 0 amide bonds. The summed E-state index contributed by atoms with van der Waals surface area (Å²) in [6.45, 7) is 5.49. The third-order valence-electron chi connectivity index (χ3n) is 3.73. The molecular weight excluding hydrogens is 262 g/mol. The maximum absolute atomic E-state index is 5.91. The van der Waals surface area contributed by atoms with Crippen LogP contribution in [0, 0.1) is 0 Å². The van der Waals surface area contributed by atoms with Gasteiger partial charge < -0.3 is 15.4 Å². The number of rotatable bonds is 5. The Bertz CT molecular complexity index is 553. The zero-order valence-corrected chi connectivity index (χ0v) is 12.3. The highest BCUT2D eigenvalue weighted by atomic mass is 16.5. The summed E-state index contributed by atoms with van der Waals surface area (Å²) in [6, 6.07) is 12.5. The molecule has 2 aromatic rings. The van der Waals surface area contributed by atoms with Crippen LogP contribution in [0.4, 0.5) is 0 Å². The molecule has 21 heavy (non-hydrogen) atoms. The molecule has 4 heteroatoms. The monoisotopic (exact) mass is 283 g/mol. The molecule has 2 heterocycles. The lowest BCUT2D eigenvalue weighted by molar-refractivity contribution is 0.302. The molecule has 110 valence electrons. The molecule has 0 aliphatic carbocycles. The first-order valence-corrected chi connectivity index (χ1v) is 7.49. The summed E-state index contributed by atoms with van der Waals surface area (Å²) in [4.78, 5) is 4.48. The standard InChI is InChI=1S/C17H21N3O/c1-2-18-10-11-20-17-13-7-5-9-19-15(13)12-21-16-8-4-3-6-14(16)17/h3-9,17-18,20H,2,10-12H2,1H3. The summed E-state index contributed by atoms with van der Waals surface area (Å²) in [5.41, 5.74) is 3.40. The quantitative estimate of drug-likeness (QED) is 0.826. The fraction of sp³-hybridized carbons (Fsp3) is 0.353. The summed E-state index contributed by atoms with van der Waals surface area (Å²) in [5, 5.41) is 6.97. The highest BCUT2D eigenvalue weighted by Gasteiger charge is 2.24. The van der Waals surface area contributed by atoms with Gasteiger partial charge in [-0.25, -0.2) is 0 Å². The molecule has 0 saturated heterocycles. The largest absolute Gasteiger partial charge is 0.487 e.